The Hall–Kier alpha value is -10.1. The van der Waals surface area contributed by atoms with E-state index in [1.165, 1.54) is 93.3 Å². The summed E-state index contributed by atoms with van der Waals surface area (Å²) in [4.78, 5) is 10.2. The Kier molecular flexibility index (Phi) is 10.5. The van der Waals surface area contributed by atoms with Crippen molar-refractivity contribution in [3.05, 3.63) is 271 Å². The lowest BCUT2D eigenvalue weighted by atomic mass is 9.94. The molecule has 0 atom stereocenters. The summed E-state index contributed by atoms with van der Waals surface area (Å²) >= 11 is 0. The Bertz CT molecular complexity index is 4500. The maximum absolute atomic E-state index is 5.11. The fraction of sp³-hybridized carbons (Fsp3) is 0.0411. The van der Waals surface area contributed by atoms with E-state index in [-0.39, 0.29) is 0 Å². The molecule has 15 aromatic rings. The second-order valence-electron chi connectivity index (χ2n) is 20.8. The van der Waals surface area contributed by atoms with Crippen molar-refractivity contribution in [1.29, 1.82) is 0 Å². The number of hydrogen-bond donors (Lipinski definition) is 0. The van der Waals surface area contributed by atoms with Crippen LogP contribution in [0.2, 0.25) is 0 Å². The van der Waals surface area contributed by atoms with Crippen molar-refractivity contribution in [1.82, 2.24) is 23.7 Å². The lowest BCUT2D eigenvalue weighted by Crippen LogP contribution is -1.96. The van der Waals surface area contributed by atoms with Gasteiger partial charge < -0.3 is 13.7 Å². The van der Waals surface area contributed by atoms with Crippen molar-refractivity contribution in [3.63, 3.8) is 0 Å². The topological polar surface area (TPSA) is 40.6 Å². The summed E-state index contributed by atoms with van der Waals surface area (Å²) in [7, 11) is 0. The van der Waals surface area contributed by atoms with Gasteiger partial charge in [-0.25, -0.2) is 9.97 Å². The summed E-state index contributed by atoms with van der Waals surface area (Å²) in [6, 6.07) is 92.9. The second kappa shape index (κ2) is 18.0. The number of nitrogens with zero attached hydrogens (tertiary/aromatic N) is 5. The molecule has 0 fully saturated rings. The first kappa shape index (κ1) is 45.3. The predicted octanol–water partition coefficient (Wildman–Crippen LogP) is 19.0. The van der Waals surface area contributed by atoms with Gasteiger partial charge in [0, 0.05) is 66.1 Å². The highest BCUT2D eigenvalue weighted by molar-refractivity contribution is 6.14. The van der Waals surface area contributed by atoms with Gasteiger partial charge in [-0.1, -0.05) is 187 Å². The van der Waals surface area contributed by atoms with E-state index < -0.39 is 0 Å². The molecule has 0 aliphatic carbocycles. The summed E-state index contributed by atoms with van der Waals surface area (Å²) in [6.45, 7) is 6.43. The van der Waals surface area contributed by atoms with E-state index in [0.717, 1.165) is 62.0 Å². The number of aromatic nitrogens is 5. The molecule has 5 nitrogen and oxygen atoms in total. The predicted molar refractivity (Wildman–Crippen MR) is 326 cm³/mol. The van der Waals surface area contributed by atoms with Crippen LogP contribution in [0.4, 0.5) is 0 Å². The summed E-state index contributed by atoms with van der Waals surface area (Å²) in [5.41, 5.74) is 23.8. The zero-order chi connectivity index (χ0) is 52.0. The van der Waals surface area contributed by atoms with Crippen LogP contribution < -0.4 is 0 Å². The normalized spacial score (nSPS) is 11.8. The lowest BCUT2D eigenvalue weighted by molar-refractivity contribution is 1.16. The Morgan fingerprint density at radius 2 is 0.615 bits per heavy atom. The van der Waals surface area contributed by atoms with Crippen LogP contribution in [-0.2, 0) is 0 Å². The molecule has 0 N–H and O–H groups in total. The van der Waals surface area contributed by atoms with Gasteiger partial charge in [-0.15, -0.1) is 0 Å². The molecule has 11 aromatic carbocycles. The third-order valence-electron chi connectivity index (χ3n) is 16.0. The minimum absolute atomic E-state index is 0.719. The summed E-state index contributed by atoms with van der Waals surface area (Å²) in [5.74, 6) is 0.719. The molecule has 0 aliphatic heterocycles. The maximum Gasteiger partial charge on any atom is 0.160 e. The Labute approximate surface area is 452 Å². The van der Waals surface area contributed by atoms with Crippen LogP contribution in [0.15, 0.2) is 255 Å². The van der Waals surface area contributed by atoms with Gasteiger partial charge in [0.1, 0.15) is 0 Å². The molecule has 0 spiro atoms. The molecule has 0 radical (unpaired) electrons. The Morgan fingerprint density at radius 3 is 1.08 bits per heavy atom. The fourth-order valence-electron chi connectivity index (χ4n) is 12.0. The summed E-state index contributed by atoms with van der Waals surface area (Å²) in [6.07, 6.45) is 0. The quantitative estimate of drug-likeness (QED) is 0.152. The number of benzene rings is 11. The first-order valence-corrected chi connectivity index (χ1v) is 26.8. The zero-order valence-electron chi connectivity index (χ0n) is 43.5. The number of aryl methyl sites for hydroxylation is 3. The molecule has 0 saturated carbocycles. The van der Waals surface area contributed by atoms with E-state index in [4.69, 9.17) is 9.97 Å². The highest BCUT2D eigenvalue weighted by atomic mass is 15.0. The molecule has 0 unspecified atom stereocenters. The van der Waals surface area contributed by atoms with Crippen LogP contribution in [0.25, 0.3) is 139 Å². The zero-order valence-corrected chi connectivity index (χ0v) is 43.5. The van der Waals surface area contributed by atoms with Crippen molar-refractivity contribution >= 4 is 65.4 Å². The number of para-hydroxylation sites is 4. The third-order valence-corrected chi connectivity index (χ3v) is 16.0. The average Bonchev–Trinajstić information content (AvgIpc) is 4.21. The molecule has 368 valence electrons. The minimum atomic E-state index is 0.719. The van der Waals surface area contributed by atoms with Gasteiger partial charge in [-0.2, -0.15) is 0 Å². The van der Waals surface area contributed by atoms with Gasteiger partial charge in [-0.3, -0.25) is 0 Å². The van der Waals surface area contributed by atoms with Gasteiger partial charge in [0.15, 0.2) is 5.82 Å². The van der Waals surface area contributed by atoms with Crippen molar-refractivity contribution in [3.8, 4) is 73.2 Å². The van der Waals surface area contributed by atoms with E-state index in [1.54, 1.807) is 0 Å². The van der Waals surface area contributed by atoms with Gasteiger partial charge in [0.25, 0.3) is 0 Å². The molecule has 4 heterocycles. The first-order valence-electron chi connectivity index (χ1n) is 26.8. The van der Waals surface area contributed by atoms with Crippen LogP contribution in [-0.4, -0.2) is 23.7 Å². The molecule has 5 heteroatoms. The maximum atomic E-state index is 5.11. The highest BCUT2D eigenvalue weighted by Crippen LogP contribution is 2.41. The number of fused-ring (bicyclic) bond motifs is 9. The summed E-state index contributed by atoms with van der Waals surface area (Å²) in [5, 5.41) is 7.41. The van der Waals surface area contributed by atoms with Crippen molar-refractivity contribution in [2.75, 3.05) is 0 Å². The van der Waals surface area contributed by atoms with Gasteiger partial charge in [0.2, 0.25) is 0 Å². The van der Waals surface area contributed by atoms with E-state index in [9.17, 15) is 0 Å². The van der Waals surface area contributed by atoms with Crippen LogP contribution in [0, 0.1) is 20.8 Å². The molecular formula is C73H51N5. The van der Waals surface area contributed by atoms with Crippen LogP contribution in [0.5, 0.6) is 0 Å². The lowest BCUT2D eigenvalue weighted by Gasteiger charge is -2.13. The van der Waals surface area contributed by atoms with Gasteiger partial charge in [-0.05, 0) is 127 Å². The van der Waals surface area contributed by atoms with Gasteiger partial charge >= 0.3 is 0 Å². The Morgan fingerprint density at radius 1 is 0.256 bits per heavy atom. The third kappa shape index (κ3) is 7.46. The van der Waals surface area contributed by atoms with Crippen molar-refractivity contribution < 1.29 is 0 Å². The molecule has 0 bridgehead atoms. The molecule has 0 amide bonds. The largest absolute Gasteiger partial charge is 0.309 e. The molecule has 4 aromatic heterocycles. The van der Waals surface area contributed by atoms with Crippen LogP contribution in [0.1, 0.15) is 16.7 Å². The molecular weight excluding hydrogens is 947 g/mol. The van der Waals surface area contributed by atoms with E-state index in [0.29, 0.717) is 0 Å². The van der Waals surface area contributed by atoms with Crippen molar-refractivity contribution in [2.45, 2.75) is 20.8 Å². The average molecular weight is 998 g/mol. The molecule has 78 heavy (non-hydrogen) atoms. The number of hydrogen-bond acceptors (Lipinski definition) is 2. The van der Waals surface area contributed by atoms with Crippen molar-refractivity contribution in [2.24, 2.45) is 0 Å². The Balaban J connectivity index is 0.793. The first-order chi connectivity index (χ1) is 38.4. The highest BCUT2D eigenvalue weighted by Gasteiger charge is 2.20. The van der Waals surface area contributed by atoms with E-state index in [2.05, 4.69) is 289 Å². The van der Waals surface area contributed by atoms with Crippen LogP contribution in [0.3, 0.4) is 0 Å². The smallest absolute Gasteiger partial charge is 0.160 e. The number of rotatable bonds is 8. The molecule has 15 rings (SSSR count). The fourth-order valence-corrected chi connectivity index (χ4v) is 12.0. The standard InChI is InChI=1S/C73H51N5/c1-46-20-24-51(25-21-46)65-45-66(75-73(74-65)53-26-22-47(2)23-27-53)52-30-28-50(29-31-52)58-39-34-54(42-48(58)3)49-32-35-55(36-33-49)76-71-40-37-56(77-67-16-8-4-12-59(67)60-13-5-9-17-68(60)77)43-63(71)64-44-57(38-41-72(64)76)78-69-18-10-6-14-61(69)62-15-7-11-19-70(62)78/h4-45H,1-3H3. The van der Waals surface area contributed by atoms with E-state index >= 15 is 0 Å². The van der Waals surface area contributed by atoms with E-state index in [1.807, 2.05) is 0 Å². The molecule has 0 aliphatic rings. The second-order valence-corrected chi connectivity index (χ2v) is 20.8. The van der Waals surface area contributed by atoms with Gasteiger partial charge in [0.05, 0.1) is 44.5 Å². The minimum Gasteiger partial charge on any atom is -0.309 e. The molecule has 0 saturated heterocycles. The van der Waals surface area contributed by atoms with Crippen LogP contribution >= 0.6 is 0 Å². The monoisotopic (exact) mass is 997 g/mol. The summed E-state index contributed by atoms with van der Waals surface area (Å²) < 4.78 is 7.28. The SMILES string of the molecule is Cc1ccc(-c2cc(-c3ccc(-c4ccc(-c5ccc(-n6c7ccc(-n8c9ccccc9c9ccccc98)cc7c7cc(-n8c9ccccc9c9ccccc98)ccc76)cc5)cc4C)cc3)nc(-c3ccc(C)cc3)n2)cc1.